The molecular formula is C27H40N4O8S2. The van der Waals surface area contributed by atoms with Gasteiger partial charge in [0.2, 0.25) is 11.8 Å². The molecule has 0 bridgehead atoms. The third-order valence-corrected chi connectivity index (χ3v) is 10.6. The summed E-state index contributed by atoms with van der Waals surface area (Å²) >= 11 is 2.81. The Morgan fingerprint density at radius 2 is 1.68 bits per heavy atom. The topological polar surface area (TPSA) is 171 Å². The molecule has 2 aromatic heterocycles. The number of amides is 2. The second kappa shape index (κ2) is 13.5. The van der Waals surface area contributed by atoms with Crippen molar-refractivity contribution in [3.8, 4) is 0 Å². The van der Waals surface area contributed by atoms with Gasteiger partial charge in [0.05, 0.1) is 18.3 Å². The molecule has 2 aromatic rings. The Balaban J connectivity index is 1.49. The molecule has 1 saturated carbocycles. The van der Waals surface area contributed by atoms with E-state index in [-0.39, 0.29) is 22.1 Å². The molecule has 3 heterocycles. The molecule has 0 unspecified atom stereocenters. The van der Waals surface area contributed by atoms with Crippen LogP contribution in [0.15, 0.2) is 9.59 Å². The number of ether oxygens (including phenoxy) is 1. The minimum Gasteiger partial charge on any atom is -0.394 e. The minimum atomic E-state index is -1.40. The molecule has 2 aliphatic rings. The fourth-order valence-corrected chi connectivity index (χ4v) is 8.25. The zero-order valence-corrected chi connectivity index (χ0v) is 25.4. The van der Waals surface area contributed by atoms with Gasteiger partial charge in [0.1, 0.15) is 29.8 Å². The Labute approximate surface area is 246 Å². The molecule has 0 spiro atoms. The van der Waals surface area contributed by atoms with E-state index >= 15 is 0 Å². The molecule has 1 aliphatic heterocycles. The number of carbonyl (C=O) groups is 2. The summed E-state index contributed by atoms with van der Waals surface area (Å²) in [7, 11) is 0. The van der Waals surface area contributed by atoms with E-state index in [1.54, 1.807) is 25.3 Å². The third kappa shape index (κ3) is 6.62. The van der Waals surface area contributed by atoms with Crippen molar-refractivity contribution in [3.05, 3.63) is 43.2 Å². The molecule has 14 heteroatoms. The summed E-state index contributed by atoms with van der Waals surface area (Å²) in [6, 6.07) is -1.95. The van der Waals surface area contributed by atoms with Crippen molar-refractivity contribution >= 4 is 35.3 Å². The summed E-state index contributed by atoms with van der Waals surface area (Å²) in [5.74, 6) is -0.521. The molecule has 1 saturated heterocycles. The van der Waals surface area contributed by atoms with Gasteiger partial charge in [-0.3, -0.25) is 23.7 Å². The van der Waals surface area contributed by atoms with Crippen LogP contribution in [0.1, 0.15) is 61.5 Å². The lowest BCUT2D eigenvalue weighted by molar-refractivity contribution is -0.174. The zero-order valence-electron chi connectivity index (χ0n) is 23.8. The lowest BCUT2D eigenvalue weighted by atomic mass is 9.98. The molecule has 228 valence electrons. The molecule has 2 fully saturated rings. The van der Waals surface area contributed by atoms with Crippen LogP contribution in [0, 0.1) is 20.8 Å². The smallest absolute Gasteiger partial charge is 0.277 e. The second-order valence-electron chi connectivity index (χ2n) is 10.9. The number of fused-ring (bicyclic) bond motifs is 1. The van der Waals surface area contributed by atoms with Crippen molar-refractivity contribution in [1.82, 2.24) is 19.7 Å². The first-order chi connectivity index (χ1) is 19.5. The predicted molar refractivity (Wildman–Crippen MR) is 157 cm³/mol. The van der Waals surface area contributed by atoms with Crippen LogP contribution in [0.25, 0.3) is 0 Å². The molecule has 0 radical (unpaired) electrons. The highest BCUT2D eigenvalue weighted by atomic mass is 32.2. The fourth-order valence-electron chi connectivity index (χ4n) is 5.54. The van der Waals surface area contributed by atoms with Gasteiger partial charge in [0.15, 0.2) is 0 Å². The molecule has 2 amide bonds. The Bertz CT molecular complexity index is 1360. The van der Waals surface area contributed by atoms with E-state index in [9.17, 15) is 34.5 Å². The SMILES string of the molecule is CC(=O)N[C@@H](CSCc1c(C)c(=O)n2c(=O)c(C)c(C)n12)C(=O)N[C@@H]1[C@@H](O)[C@H](O)[C@@H](CO)O[C@@H]1SC1CCCCC1. The first-order valence-corrected chi connectivity index (χ1v) is 16.0. The maximum Gasteiger partial charge on any atom is 0.277 e. The number of nitrogens with zero attached hydrogens (tertiary/aromatic N) is 2. The number of nitrogens with one attached hydrogen (secondary N) is 2. The maximum atomic E-state index is 13.5. The summed E-state index contributed by atoms with van der Waals surface area (Å²) in [4.78, 5) is 50.7. The second-order valence-corrected chi connectivity index (χ2v) is 13.4. The van der Waals surface area contributed by atoms with E-state index in [2.05, 4.69) is 10.6 Å². The Hall–Kier alpha value is -2.10. The van der Waals surface area contributed by atoms with Crippen LogP contribution in [0.5, 0.6) is 0 Å². The summed E-state index contributed by atoms with van der Waals surface area (Å²) in [5.41, 5.74) is 0.797. The molecule has 5 N–H and O–H groups in total. The van der Waals surface area contributed by atoms with E-state index in [0.29, 0.717) is 28.3 Å². The van der Waals surface area contributed by atoms with Crippen LogP contribution in [-0.4, -0.2) is 89.6 Å². The van der Waals surface area contributed by atoms with Gasteiger partial charge in [-0.2, -0.15) is 16.3 Å². The highest BCUT2D eigenvalue weighted by Gasteiger charge is 2.46. The molecule has 6 atom stereocenters. The summed E-state index contributed by atoms with van der Waals surface area (Å²) in [6.07, 6.45) is 1.51. The number of aliphatic hydroxyl groups excluding tert-OH is 3. The lowest BCUT2D eigenvalue weighted by Crippen LogP contribution is -2.65. The van der Waals surface area contributed by atoms with Crippen molar-refractivity contribution in [1.29, 1.82) is 0 Å². The largest absolute Gasteiger partial charge is 0.394 e. The van der Waals surface area contributed by atoms with E-state index in [4.69, 9.17) is 4.74 Å². The van der Waals surface area contributed by atoms with Gasteiger partial charge in [-0.05, 0) is 33.6 Å². The van der Waals surface area contributed by atoms with Crippen LogP contribution in [0.3, 0.4) is 0 Å². The Morgan fingerprint density at radius 3 is 2.32 bits per heavy atom. The van der Waals surface area contributed by atoms with Gasteiger partial charge >= 0.3 is 0 Å². The van der Waals surface area contributed by atoms with Gasteiger partial charge in [0.25, 0.3) is 11.1 Å². The average Bonchev–Trinajstić information content (AvgIpc) is 3.32. The van der Waals surface area contributed by atoms with Gasteiger partial charge in [-0.1, -0.05) is 19.3 Å². The molecular weight excluding hydrogens is 572 g/mol. The van der Waals surface area contributed by atoms with Crippen molar-refractivity contribution in [2.45, 2.75) is 107 Å². The number of hydrogen-bond acceptors (Lipinski definition) is 10. The monoisotopic (exact) mass is 612 g/mol. The van der Waals surface area contributed by atoms with Crippen LogP contribution < -0.4 is 21.8 Å². The summed E-state index contributed by atoms with van der Waals surface area (Å²) in [5, 5.41) is 36.9. The first-order valence-electron chi connectivity index (χ1n) is 13.9. The standard InChI is InChI=1S/C27H40N4O8S2/c1-13-15(3)30-19(14(2)26(38)31(30)25(13)37)12-40-11-18(28-16(4)33)24(36)29-21-23(35)22(34)20(10-32)39-27(21)41-17-8-6-5-7-9-17/h17-18,20-23,27,32,34-35H,5-12H2,1-4H3,(H,28,33)(H,29,36)/t18-,20+,21+,22+,23+,27+/m0/s1. The van der Waals surface area contributed by atoms with E-state index in [0.717, 1.165) is 36.6 Å². The number of rotatable bonds is 10. The number of aliphatic hydroxyl groups is 3. The van der Waals surface area contributed by atoms with Gasteiger partial charge in [-0.15, -0.1) is 11.8 Å². The maximum absolute atomic E-state index is 13.5. The van der Waals surface area contributed by atoms with Crippen molar-refractivity contribution in [2.75, 3.05) is 12.4 Å². The zero-order chi connectivity index (χ0) is 30.0. The van der Waals surface area contributed by atoms with E-state index in [1.165, 1.54) is 30.4 Å². The summed E-state index contributed by atoms with van der Waals surface area (Å²) in [6.45, 7) is 5.92. The minimum absolute atomic E-state index is 0.145. The predicted octanol–water partition coefficient (Wildman–Crippen LogP) is -0.150. The lowest BCUT2D eigenvalue weighted by Gasteiger charge is -2.44. The van der Waals surface area contributed by atoms with Crippen molar-refractivity contribution in [3.63, 3.8) is 0 Å². The number of aryl methyl sites for hydroxylation is 1. The fraction of sp³-hybridized carbons (Fsp3) is 0.704. The molecule has 4 rings (SSSR count). The first kappa shape index (κ1) is 31.8. The van der Waals surface area contributed by atoms with E-state index in [1.807, 2.05) is 0 Å². The Kier molecular flexibility index (Phi) is 10.5. The van der Waals surface area contributed by atoms with Gasteiger partial charge < -0.3 is 30.7 Å². The van der Waals surface area contributed by atoms with Crippen LogP contribution in [0.4, 0.5) is 0 Å². The average molecular weight is 613 g/mol. The number of carbonyl (C=O) groups excluding carboxylic acids is 2. The van der Waals surface area contributed by atoms with Crippen molar-refractivity contribution < 1.29 is 29.6 Å². The molecule has 1 aliphatic carbocycles. The normalized spacial score (nSPS) is 26.3. The quantitative estimate of drug-likeness (QED) is 0.243. The van der Waals surface area contributed by atoms with E-state index < -0.39 is 54.3 Å². The van der Waals surface area contributed by atoms with Crippen molar-refractivity contribution in [2.24, 2.45) is 0 Å². The molecule has 41 heavy (non-hydrogen) atoms. The van der Waals surface area contributed by atoms with Crippen LogP contribution >= 0.6 is 23.5 Å². The summed E-state index contributed by atoms with van der Waals surface area (Å²) < 4.78 is 8.68. The number of hydrogen-bond donors (Lipinski definition) is 5. The molecule has 12 nitrogen and oxygen atoms in total. The number of thioether (sulfide) groups is 2. The van der Waals surface area contributed by atoms with Gasteiger partial charge in [-0.25, -0.2) is 0 Å². The number of aromatic nitrogens is 2. The molecule has 0 aromatic carbocycles. The highest BCUT2D eigenvalue weighted by molar-refractivity contribution is 8.00. The highest BCUT2D eigenvalue weighted by Crippen LogP contribution is 2.36. The van der Waals surface area contributed by atoms with Crippen LogP contribution in [0.2, 0.25) is 0 Å². The Morgan fingerprint density at radius 1 is 1.02 bits per heavy atom. The third-order valence-electron chi connectivity index (χ3n) is 8.06. The van der Waals surface area contributed by atoms with Crippen LogP contribution in [-0.2, 0) is 20.1 Å². The van der Waals surface area contributed by atoms with Gasteiger partial charge in [0, 0.05) is 40.5 Å².